The summed E-state index contributed by atoms with van der Waals surface area (Å²) in [5.41, 5.74) is 2.34. The van der Waals surface area contributed by atoms with E-state index >= 15 is 0 Å². The minimum Gasteiger partial charge on any atom is -0.457 e. The van der Waals surface area contributed by atoms with Crippen LogP contribution in [0.4, 0.5) is 4.79 Å². The molecular weight excluding hydrogens is 694 g/mol. The van der Waals surface area contributed by atoms with Crippen molar-refractivity contribution in [2.24, 2.45) is 23.2 Å². The number of imide groups is 1. The molecule has 1 saturated heterocycles. The van der Waals surface area contributed by atoms with Gasteiger partial charge in [0.2, 0.25) is 6.10 Å². The molecule has 1 saturated carbocycles. The first-order valence-electron chi connectivity index (χ1n) is 17.2. The van der Waals surface area contributed by atoms with E-state index in [4.69, 9.17) is 32.2 Å². The van der Waals surface area contributed by atoms with Crippen molar-refractivity contribution in [2.45, 2.75) is 53.6 Å². The molecule has 11 heteroatoms. The van der Waals surface area contributed by atoms with E-state index < -0.39 is 29.9 Å². The molecule has 2 unspecified atom stereocenters. The summed E-state index contributed by atoms with van der Waals surface area (Å²) in [6.45, 7) is 11.5. The standard InChI is InChI=1S/C25H22ClNO3.C17H22N2O4/c1-17(2)24(18-11-13-20(26)14-12-18)25(28)30-23(16-27)19-7-6-10-22(15-19)29-21-8-4-3-5-9-21;1-6-7-18-9-13(20)19(16(18)22)10-23-15(21)14-12(8-11(2)3)17(14,4)5/h3-15,17,23-24H,1-2H3;1,8,12,14H,7,9-10H2,2-5H3/t23-,24+;/m1./s1. The number of nitriles is 1. The van der Waals surface area contributed by atoms with Gasteiger partial charge in [0.1, 0.15) is 24.1 Å². The summed E-state index contributed by atoms with van der Waals surface area (Å²) in [7, 11) is 0. The third-order valence-electron chi connectivity index (χ3n) is 9.06. The van der Waals surface area contributed by atoms with Gasteiger partial charge in [0.25, 0.3) is 5.91 Å². The van der Waals surface area contributed by atoms with Gasteiger partial charge >= 0.3 is 18.0 Å². The molecule has 0 bridgehead atoms. The second-order valence-electron chi connectivity index (χ2n) is 14.0. The second-order valence-corrected chi connectivity index (χ2v) is 14.5. The molecule has 2 aliphatic rings. The van der Waals surface area contributed by atoms with Crippen molar-refractivity contribution in [3.05, 3.63) is 107 Å². The minimum absolute atomic E-state index is 0.00855. The Kier molecular flexibility index (Phi) is 13.5. The summed E-state index contributed by atoms with van der Waals surface area (Å²) in [5, 5.41) is 10.2. The SMILES string of the molecule is C#CCN1CC(=O)N(COC(=O)C2C(C=C(C)C)C2(C)C)C1=O.CC(C)[C@H](C(=O)O[C@H](C#N)c1cccc(Oc2ccccc2)c1)c1ccc(Cl)cc1. The normalized spacial score (nSPS) is 18.1. The van der Waals surface area contributed by atoms with Gasteiger partial charge in [-0.05, 0) is 73.1 Å². The number of amides is 3. The van der Waals surface area contributed by atoms with E-state index in [1.165, 1.54) is 4.90 Å². The number of rotatable bonds is 12. The number of hydrogen-bond acceptors (Lipinski definition) is 8. The summed E-state index contributed by atoms with van der Waals surface area (Å²) in [6, 6.07) is 25.0. The molecule has 0 radical (unpaired) electrons. The van der Waals surface area contributed by atoms with Gasteiger partial charge in [-0.25, -0.2) is 9.69 Å². The fourth-order valence-electron chi connectivity index (χ4n) is 6.16. The van der Waals surface area contributed by atoms with Crippen molar-refractivity contribution >= 4 is 35.5 Å². The Hall–Kier alpha value is -5.58. The van der Waals surface area contributed by atoms with Crippen LogP contribution in [-0.4, -0.2) is 53.5 Å². The van der Waals surface area contributed by atoms with Crippen molar-refractivity contribution in [3.8, 4) is 29.9 Å². The van der Waals surface area contributed by atoms with Crippen LogP contribution in [0.1, 0.15) is 64.7 Å². The number of hydrogen-bond donors (Lipinski definition) is 0. The maximum absolute atomic E-state index is 13.0. The molecule has 0 N–H and O–H groups in total. The molecule has 1 heterocycles. The van der Waals surface area contributed by atoms with Crippen LogP contribution in [-0.2, 0) is 23.9 Å². The summed E-state index contributed by atoms with van der Waals surface area (Å²) in [5.74, 6) is 1.70. The number of urea groups is 1. The first kappa shape index (κ1) is 40.2. The number of halogens is 1. The van der Waals surface area contributed by atoms with Gasteiger partial charge in [-0.1, -0.05) is 99.3 Å². The number of terminal acetylenes is 1. The Morgan fingerprint density at radius 1 is 1.00 bits per heavy atom. The minimum atomic E-state index is -1.04. The molecule has 1 aliphatic heterocycles. The summed E-state index contributed by atoms with van der Waals surface area (Å²) in [6.07, 6.45) is 6.18. The lowest BCUT2D eigenvalue weighted by Crippen LogP contribution is -2.36. The van der Waals surface area contributed by atoms with E-state index in [1.807, 2.05) is 84.0 Å². The average Bonchev–Trinajstić information content (AvgIpc) is 3.54. The molecule has 3 aromatic carbocycles. The van der Waals surface area contributed by atoms with Crippen LogP contribution >= 0.6 is 11.6 Å². The van der Waals surface area contributed by atoms with Gasteiger partial charge in [0, 0.05) is 10.6 Å². The third-order valence-corrected chi connectivity index (χ3v) is 9.32. The van der Waals surface area contributed by atoms with E-state index in [1.54, 1.807) is 36.4 Å². The Labute approximate surface area is 316 Å². The highest BCUT2D eigenvalue weighted by Crippen LogP contribution is 2.59. The molecule has 4 atom stereocenters. The van der Waals surface area contributed by atoms with Gasteiger partial charge < -0.3 is 19.1 Å². The Balaban J connectivity index is 0.000000245. The number of benzene rings is 3. The summed E-state index contributed by atoms with van der Waals surface area (Å²) >= 11 is 5.96. The summed E-state index contributed by atoms with van der Waals surface area (Å²) < 4.78 is 16.6. The van der Waals surface area contributed by atoms with Crippen LogP contribution < -0.4 is 4.74 Å². The molecule has 3 aromatic rings. The van der Waals surface area contributed by atoms with Crippen molar-refractivity contribution in [2.75, 3.05) is 19.8 Å². The molecule has 2 fully saturated rings. The van der Waals surface area contributed by atoms with Crippen LogP contribution in [0.15, 0.2) is 90.5 Å². The highest BCUT2D eigenvalue weighted by atomic mass is 35.5. The first-order chi connectivity index (χ1) is 25.2. The highest BCUT2D eigenvalue weighted by Gasteiger charge is 2.61. The Morgan fingerprint density at radius 2 is 1.66 bits per heavy atom. The fourth-order valence-corrected chi connectivity index (χ4v) is 6.28. The zero-order chi connectivity index (χ0) is 38.9. The van der Waals surface area contributed by atoms with Gasteiger partial charge in [-0.2, -0.15) is 5.26 Å². The lowest BCUT2D eigenvalue weighted by molar-refractivity contribution is -0.152. The van der Waals surface area contributed by atoms with Crippen LogP contribution in [0.5, 0.6) is 11.5 Å². The number of allylic oxidation sites excluding steroid dienone is 2. The number of ether oxygens (including phenoxy) is 3. The van der Waals surface area contributed by atoms with Crippen LogP contribution in [0, 0.1) is 46.8 Å². The number of nitrogens with zero attached hydrogens (tertiary/aromatic N) is 3. The number of carbonyl (C=O) groups is 4. The van der Waals surface area contributed by atoms with E-state index in [9.17, 15) is 24.4 Å². The van der Waals surface area contributed by atoms with Crippen LogP contribution in [0.2, 0.25) is 5.02 Å². The number of para-hydroxylation sites is 1. The maximum atomic E-state index is 13.0. The molecule has 0 spiro atoms. The van der Waals surface area contributed by atoms with Gasteiger partial charge in [-0.3, -0.25) is 14.4 Å². The zero-order valence-electron chi connectivity index (χ0n) is 30.7. The second kappa shape index (κ2) is 17.8. The van der Waals surface area contributed by atoms with E-state index in [-0.39, 0.29) is 49.0 Å². The molecule has 53 heavy (non-hydrogen) atoms. The van der Waals surface area contributed by atoms with E-state index in [0.717, 1.165) is 16.0 Å². The van der Waals surface area contributed by atoms with Crippen molar-refractivity contribution < 1.29 is 33.4 Å². The average molecular weight is 738 g/mol. The van der Waals surface area contributed by atoms with Crippen molar-refractivity contribution in [1.29, 1.82) is 5.26 Å². The predicted molar refractivity (Wildman–Crippen MR) is 200 cm³/mol. The van der Waals surface area contributed by atoms with Crippen molar-refractivity contribution in [1.82, 2.24) is 9.80 Å². The van der Waals surface area contributed by atoms with Gasteiger partial charge in [0.05, 0.1) is 18.4 Å². The maximum Gasteiger partial charge on any atom is 0.330 e. The van der Waals surface area contributed by atoms with Crippen molar-refractivity contribution in [3.63, 3.8) is 0 Å². The van der Waals surface area contributed by atoms with Crippen LogP contribution in [0.25, 0.3) is 0 Å². The first-order valence-corrected chi connectivity index (χ1v) is 17.6. The number of carbonyl (C=O) groups excluding carboxylic acids is 4. The van der Waals surface area contributed by atoms with Crippen LogP contribution in [0.3, 0.4) is 0 Å². The Morgan fingerprint density at radius 3 is 2.26 bits per heavy atom. The largest absolute Gasteiger partial charge is 0.457 e. The fraction of sp³-hybridized carbons (Fsp3) is 0.357. The monoisotopic (exact) mass is 737 g/mol. The molecule has 10 nitrogen and oxygen atoms in total. The summed E-state index contributed by atoms with van der Waals surface area (Å²) in [4.78, 5) is 51.1. The quantitative estimate of drug-likeness (QED) is 0.0787. The molecule has 1 aliphatic carbocycles. The van der Waals surface area contributed by atoms with E-state index in [2.05, 4.69) is 18.1 Å². The smallest absolute Gasteiger partial charge is 0.330 e. The van der Waals surface area contributed by atoms with Gasteiger partial charge in [0.15, 0.2) is 6.73 Å². The molecular formula is C42H44ClN3O7. The molecule has 5 rings (SSSR count). The lowest BCUT2D eigenvalue weighted by atomic mass is 9.88. The zero-order valence-corrected chi connectivity index (χ0v) is 31.5. The molecule has 0 aromatic heterocycles. The highest BCUT2D eigenvalue weighted by molar-refractivity contribution is 6.30. The molecule has 276 valence electrons. The third kappa shape index (κ3) is 10.3. The van der Waals surface area contributed by atoms with E-state index in [0.29, 0.717) is 22.1 Å². The predicted octanol–water partition coefficient (Wildman–Crippen LogP) is 8.30. The van der Waals surface area contributed by atoms with Gasteiger partial charge in [-0.15, -0.1) is 6.42 Å². The lowest BCUT2D eigenvalue weighted by Gasteiger charge is -2.22. The Bertz CT molecular complexity index is 1910. The molecule has 3 amide bonds. The topological polar surface area (TPSA) is 126 Å². The number of esters is 2.